The fraction of sp³-hybridized carbons (Fsp3) is 0.333. The number of aldehydes is 1. The van der Waals surface area contributed by atoms with E-state index in [0.29, 0.717) is 13.0 Å². The van der Waals surface area contributed by atoms with Crippen molar-refractivity contribution >= 4 is 48.0 Å². The number of fused-ring (bicyclic) bond motifs is 1. The molecule has 1 aromatic carbocycles. The number of halogens is 1. The summed E-state index contributed by atoms with van der Waals surface area (Å²) in [6, 6.07) is 8.23. The SMILES string of the molecule is C/C1=C/Sc2ccccc2C(/C(S)=C/C=C/Cl)=NC1.C=CCC=O.CCCCNC. The van der Waals surface area contributed by atoms with Crippen LogP contribution in [0.3, 0.4) is 0 Å². The second-order valence-electron chi connectivity index (χ2n) is 6.26. The van der Waals surface area contributed by atoms with Gasteiger partial charge in [0.2, 0.25) is 0 Å². The summed E-state index contributed by atoms with van der Waals surface area (Å²) in [6.07, 6.45) is 9.05. The predicted molar refractivity (Wildman–Crippen MR) is 139 cm³/mol. The first-order chi connectivity index (χ1) is 14.5. The van der Waals surface area contributed by atoms with Crippen molar-refractivity contribution < 1.29 is 4.79 Å². The van der Waals surface area contributed by atoms with Crippen molar-refractivity contribution in [1.82, 2.24) is 5.32 Å². The number of hydrogen-bond acceptors (Lipinski definition) is 5. The molecule has 1 heterocycles. The molecule has 3 nitrogen and oxygen atoms in total. The molecular weight excluding hydrogens is 432 g/mol. The van der Waals surface area contributed by atoms with Gasteiger partial charge < -0.3 is 10.1 Å². The van der Waals surface area contributed by atoms with Crippen LogP contribution < -0.4 is 5.32 Å². The smallest absolute Gasteiger partial charge is 0.123 e. The van der Waals surface area contributed by atoms with E-state index >= 15 is 0 Å². The Morgan fingerprint density at radius 3 is 2.67 bits per heavy atom. The van der Waals surface area contributed by atoms with Crippen LogP contribution in [0.1, 0.15) is 38.7 Å². The first kappa shape index (κ1) is 28.5. The largest absolute Gasteiger partial charge is 0.320 e. The Balaban J connectivity index is 0.000000634. The van der Waals surface area contributed by atoms with Gasteiger partial charge in [-0.05, 0) is 56.1 Å². The summed E-state index contributed by atoms with van der Waals surface area (Å²) >= 11 is 11.8. The van der Waals surface area contributed by atoms with Crippen molar-refractivity contribution in [3.05, 3.63) is 76.1 Å². The lowest BCUT2D eigenvalue weighted by molar-refractivity contribution is -0.107. The molecule has 0 radical (unpaired) electrons. The number of thiol groups is 1. The third kappa shape index (κ3) is 12.9. The van der Waals surface area contributed by atoms with Crippen molar-refractivity contribution in [2.75, 3.05) is 20.1 Å². The summed E-state index contributed by atoms with van der Waals surface area (Å²) in [5.74, 6) is 0. The van der Waals surface area contributed by atoms with Gasteiger partial charge in [-0.1, -0.05) is 61.0 Å². The summed E-state index contributed by atoms with van der Waals surface area (Å²) in [7, 11) is 1.98. The Kier molecular flexibility index (Phi) is 18.4. The van der Waals surface area contributed by atoms with E-state index < -0.39 is 0 Å². The normalized spacial score (nSPS) is 15.0. The predicted octanol–water partition coefficient (Wildman–Crippen LogP) is 6.82. The molecule has 164 valence electrons. The van der Waals surface area contributed by atoms with Crippen LogP contribution in [0, 0.1) is 0 Å². The molecule has 0 fully saturated rings. The number of aliphatic imine (C=N–C) groups is 1. The summed E-state index contributed by atoms with van der Waals surface area (Å²) in [6.45, 7) is 9.45. The van der Waals surface area contributed by atoms with Crippen molar-refractivity contribution in [1.29, 1.82) is 0 Å². The Morgan fingerprint density at radius 1 is 1.40 bits per heavy atom. The molecule has 0 atom stereocenters. The summed E-state index contributed by atoms with van der Waals surface area (Å²) < 4.78 is 0. The molecule has 1 aliphatic rings. The number of hydrogen-bond donors (Lipinski definition) is 2. The van der Waals surface area contributed by atoms with E-state index in [1.165, 1.54) is 28.8 Å². The lowest BCUT2D eigenvalue weighted by atomic mass is 10.1. The molecule has 0 saturated carbocycles. The maximum Gasteiger partial charge on any atom is 0.123 e. The zero-order chi connectivity index (χ0) is 22.6. The van der Waals surface area contributed by atoms with Crippen LogP contribution in [-0.2, 0) is 4.79 Å². The van der Waals surface area contributed by atoms with Gasteiger partial charge in [-0.15, -0.1) is 19.2 Å². The summed E-state index contributed by atoms with van der Waals surface area (Å²) in [5, 5.41) is 5.22. The molecule has 6 heteroatoms. The van der Waals surface area contributed by atoms with E-state index in [2.05, 4.69) is 60.9 Å². The topological polar surface area (TPSA) is 41.5 Å². The highest BCUT2D eigenvalue weighted by Crippen LogP contribution is 2.29. The van der Waals surface area contributed by atoms with Gasteiger partial charge in [0.05, 0.1) is 12.3 Å². The molecule has 30 heavy (non-hydrogen) atoms. The number of nitrogens with zero attached hydrogens (tertiary/aromatic N) is 1. The lowest BCUT2D eigenvalue weighted by Gasteiger charge is -2.14. The monoisotopic (exact) mass is 464 g/mol. The molecule has 0 saturated heterocycles. The number of allylic oxidation sites excluding steroid dienone is 4. The number of carbonyl (C=O) groups is 1. The van der Waals surface area contributed by atoms with Crippen LogP contribution >= 0.6 is 36.0 Å². The first-order valence-corrected chi connectivity index (χ1v) is 11.6. The van der Waals surface area contributed by atoms with Gasteiger partial charge >= 0.3 is 0 Å². The maximum absolute atomic E-state index is 9.33. The molecule has 1 aliphatic heterocycles. The van der Waals surface area contributed by atoms with E-state index in [0.717, 1.165) is 29.0 Å². The molecule has 0 amide bonds. The van der Waals surface area contributed by atoms with Crippen molar-refractivity contribution in [3.63, 3.8) is 0 Å². The molecule has 0 aliphatic carbocycles. The Labute approximate surface area is 196 Å². The van der Waals surface area contributed by atoms with E-state index in [9.17, 15) is 4.79 Å². The molecule has 1 aromatic rings. The van der Waals surface area contributed by atoms with Crippen LogP contribution in [-0.4, -0.2) is 32.1 Å². The minimum Gasteiger partial charge on any atom is -0.320 e. The minimum absolute atomic E-state index is 0.472. The molecular formula is C24H33ClN2OS2. The first-order valence-electron chi connectivity index (χ1n) is 9.87. The second-order valence-corrected chi connectivity index (χ2v) is 7.91. The van der Waals surface area contributed by atoms with E-state index in [1.807, 2.05) is 25.3 Å². The molecule has 0 spiro atoms. The number of rotatable bonds is 7. The average Bonchev–Trinajstić information content (AvgIpc) is 2.75. The zero-order valence-corrected chi connectivity index (χ0v) is 20.6. The summed E-state index contributed by atoms with van der Waals surface area (Å²) in [4.78, 5) is 16.0. The molecule has 1 N–H and O–H groups in total. The fourth-order valence-corrected chi connectivity index (χ4v) is 3.30. The highest BCUT2D eigenvalue weighted by Gasteiger charge is 2.13. The number of nitrogens with one attached hydrogen (secondary N) is 1. The number of unbranched alkanes of at least 4 members (excludes halogenated alkanes) is 1. The highest BCUT2D eigenvalue weighted by molar-refractivity contribution is 8.02. The van der Waals surface area contributed by atoms with Gasteiger partial charge in [0.15, 0.2) is 0 Å². The molecule has 2 rings (SSSR count). The fourth-order valence-electron chi connectivity index (χ4n) is 2.10. The van der Waals surface area contributed by atoms with Crippen LogP contribution in [0.5, 0.6) is 0 Å². The van der Waals surface area contributed by atoms with Gasteiger partial charge in [-0.25, -0.2) is 0 Å². The average molecular weight is 465 g/mol. The summed E-state index contributed by atoms with van der Waals surface area (Å²) in [5.41, 5.74) is 4.73. The van der Waals surface area contributed by atoms with Gasteiger partial charge in [-0.2, -0.15) is 0 Å². The maximum atomic E-state index is 9.33. The Morgan fingerprint density at radius 2 is 2.13 bits per heavy atom. The van der Waals surface area contributed by atoms with Crippen LogP contribution in [0.15, 0.2) is 80.4 Å². The minimum atomic E-state index is 0.472. The standard InChI is InChI=1S/C15H14ClNS2.C5H13N.C4H6O/c1-11-9-17-15(13(18)6-4-8-16)12-5-2-3-7-14(12)19-10-11;1-3-4-5-6-2;1-2-3-4-5/h2-8,10,18H,9H2,1H3;6H,3-5H2,1-2H3;2,4H,1,3H2/b8-4+,11-10-,13-6-,17-15?;;. The van der Waals surface area contributed by atoms with Crippen LogP contribution in [0.4, 0.5) is 0 Å². The second kappa shape index (κ2) is 19.4. The van der Waals surface area contributed by atoms with Gasteiger partial charge in [0, 0.05) is 27.3 Å². The third-order valence-electron chi connectivity index (χ3n) is 3.63. The quantitative estimate of drug-likeness (QED) is 0.153. The zero-order valence-electron chi connectivity index (χ0n) is 18.1. The van der Waals surface area contributed by atoms with E-state index in [-0.39, 0.29) is 0 Å². The van der Waals surface area contributed by atoms with Gasteiger partial charge in [0.1, 0.15) is 6.29 Å². The number of benzene rings is 1. The van der Waals surface area contributed by atoms with E-state index in [4.69, 9.17) is 11.6 Å². The Hall–Kier alpha value is -1.53. The molecule has 0 unspecified atom stereocenters. The van der Waals surface area contributed by atoms with Crippen LogP contribution in [0.25, 0.3) is 0 Å². The van der Waals surface area contributed by atoms with Crippen molar-refractivity contribution in [3.8, 4) is 0 Å². The third-order valence-corrected chi connectivity index (χ3v) is 5.27. The Bertz CT molecular complexity index is 745. The van der Waals surface area contributed by atoms with E-state index in [1.54, 1.807) is 23.9 Å². The van der Waals surface area contributed by atoms with Crippen molar-refractivity contribution in [2.45, 2.75) is 38.0 Å². The number of thioether (sulfide) groups is 1. The van der Waals surface area contributed by atoms with Crippen molar-refractivity contribution in [2.24, 2.45) is 4.99 Å². The lowest BCUT2D eigenvalue weighted by Crippen LogP contribution is -2.06. The number of carbonyl (C=O) groups excluding carboxylic acids is 1. The van der Waals surface area contributed by atoms with Gasteiger partial charge in [-0.3, -0.25) is 4.99 Å². The highest BCUT2D eigenvalue weighted by atomic mass is 35.5. The van der Waals surface area contributed by atoms with Crippen LogP contribution in [0.2, 0.25) is 0 Å². The molecule has 0 bridgehead atoms. The molecule has 0 aromatic heterocycles. The van der Waals surface area contributed by atoms with Gasteiger partial charge in [0.25, 0.3) is 0 Å².